The van der Waals surface area contributed by atoms with E-state index < -0.39 is 0 Å². The van der Waals surface area contributed by atoms with Crippen molar-refractivity contribution in [1.29, 1.82) is 0 Å². The number of nitrogens with one attached hydrogen (secondary N) is 1. The molecule has 1 fully saturated rings. The summed E-state index contributed by atoms with van der Waals surface area (Å²) in [5.74, 6) is 0.113. The zero-order chi connectivity index (χ0) is 12.6. The fourth-order valence-electron chi connectivity index (χ4n) is 2.37. The summed E-state index contributed by atoms with van der Waals surface area (Å²) >= 11 is 0. The Bertz CT molecular complexity index is 438. The van der Waals surface area contributed by atoms with E-state index in [1.807, 2.05) is 25.8 Å². The van der Waals surface area contributed by atoms with Gasteiger partial charge in [0, 0.05) is 38.4 Å². The number of piperazine rings is 1. The molecule has 5 nitrogen and oxygen atoms in total. The molecular formula is C12H20N4O. The zero-order valence-corrected chi connectivity index (χ0v) is 10.9. The highest BCUT2D eigenvalue weighted by atomic mass is 16.2. The Morgan fingerprint density at radius 2 is 2.18 bits per heavy atom. The van der Waals surface area contributed by atoms with Crippen molar-refractivity contribution < 1.29 is 4.79 Å². The summed E-state index contributed by atoms with van der Waals surface area (Å²) in [7, 11) is 1.88. The van der Waals surface area contributed by atoms with Gasteiger partial charge in [-0.1, -0.05) is 0 Å². The minimum absolute atomic E-state index is 0.113. The number of aromatic nitrogens is 2. The summed E-state index contributed by atoms with van der Waals surface area (Å²) in [5, 5.41) is 7.60. The molecule has 17 heavy (non-hydrogen) atoms. The van der Waals surface area contributed by atoms with Gasteiger partial charge in [-0.2, -0.15) is 5.10 Å². The highest BCUT2D eigenvalue weighted by molar-refractivity contribution is 5.96. The van der Waals surface area contributed by atoms with Crippen molar-refractivity contribution in [1.82, 2.24) is 20.0 Å². The Morgan fingerprint density at radius 3 is 2.71 bits per heavy atom. The Balaban J connectivity index is 2.30. The number of carbonyl (C=O) groups is 1. The van der Waals surface area contributed by atoms with Crippen molar-refractivity contribution in [3.05, 3.63) is 17.0 Å². The molecule has 0 aromatic carbocycles. The molecule has 5 heteroatoms. The smallest absolute Gasteiger partial charge is 0.257 e. The molecule has 94 valence electrons. The zero-order valence-electron chi connectivity index (χ0n) is 10.9. The third-order valence-electron chi connectivity index (χ3n) is 3.49. The van der Waals surface area contributed by atoms with E-state index in [0.717, 1.165) is 36.6 Å². The highest BCUT2D eigenvalue weighted by Gasteiger charge is 2.27. The van der Waals surface area contributed by atoms with Crippen LogP contribution >= 0.6 is 0 Å². The van der Waals surface area contributed by atoms with Crippen molar-refractivity contribution in [2.75, 3.05) is 19.6 Å². The number of amides is 1. The van der Waals surface area contributed by atoms with Crippen LogP contribution in [0.15, 0.2) is 0 Å². The maximum Gasteiger partial charge on any atom is 0.257 e. The predicted octanol–water partition coefficient (Wildman–Crippen LogP) is 0.471. The molecular weight excluding hydrogens is 216 g/mol. The van der Waals surface area contributed by atoms with E-state index >= 15 is 0 Å². The van der Waals surface area contributed by atoms with Crippen LogP contribution in [0.25, 0.3) is 0 Å². The SMILES string of the molecule is Cc1nn(C)c(C)c1C(=O)N1CCNCC1C. The van der Waals surface area contributed by atoms with Gasteiger partial charge >= 0.3 is 0 Å². The minimum atomic E-state index is 0.113. The van der Waals surface area contributed by atoms with Crippen molar-refractivity contribution in [2.24, 2.45) is 7.05 Å². The number of nitrogens with zero attached hydrogens (tertiary/aromatic N) is 3. The van der Waals surface area contributed by atoms with Crippen LogP contribution in [0.2, 0.25) is 0 Å². The van der Waals surface area contributed by atoms with Crippen LogP contribution in [0, 0.1) is 13.8 Å². The third-order valence-corrected chi connectivity index (χ3v) is 3.49. The van der Waals surface area contributed by atoms with Gasteiger partial charge in [0.1, 0.15) is 0 Å². The second-order valence-electron chi connectivity index (χ2n) is 4.72. The highest BCUT2D eigenvalue weighted by Crippen LogP contribution is 2.17. The van der Waals surface area contributed by atoms with Crippen molar-refractivity contribution in [2.45, 2.75) is 26.8 Å². The number of rotatable bonds is 1. The molecule has 0 radical (unpaired) electrons. The molecule has 1 aromatic heterocycles. The van der Waals surface area contributed by atoms with Crippen molar-refractivity contribution >= 4 is 5.91 Å². The van der Waals surface area contributed by atoms with Crippen LogP contribution < -0.4 is 5.32 Å². The summed E-state index contributed by atoms with van der Waals surface area (Å²) in [6, 6.07) is 0.246. The van der Waals surface area contributed by atoms with Gasteiger partial charge in [0.2, 0.25) is 0 Å². The molecule has 0 spiro atoms. The molecule has 1 amide bonds. The first-order valence-corrected chi connectivity index (χ1v) is 6.04. The first-order chi connectivity index (χ1) is 8.02. The quantitative estimate of drug-likeness (QED) is 0.771. The van der Waals surface area contributed by atoms with Crippen LogP contribution in [0.1, 0.15) is 28.7 Å². The van der Waals surface area contributed by atoms with E-state index in [9.17, 15) is 4.79 Å². The normalized spacial score (nSPS) is 20.7. The second kappa shape index (κ2) is 4.49. The maximum absolute atomic E-state index is 12.5. The molecule has 1 aromatic rings. The van der Waals surface area contributed by atoms with Crippen molar-refractivity contribution in [3.63, 3.8) is 0 Å². The molecule has 0 saturated carbocycles. The van der Waals surface area contributed by atoms with E-state index in [-0.39, 0.29) is 11.9 Å². The Kier molecular flexibility index (Phi) is 3.19. The third kappa shape index (κ3) is 2.07. The van der Waals surface area contributed by atoms with Crippen LogP contribution in [-0.2, 0) is 7.05 Å². The number of carbonyl (C=O) groups excluding carboxylic acids is 1. The Morgan fingerprint density at radius 1 is 1.47 bits per heavy atom. The second-order valence-corrected chi connectivity index (χ2v) is 4.72. The lowest BCUT2D eigenvalue weighted by Gasteiger charge is -2.34. The number of hydrogen-bond acceptors (Lipinski definition) is 3. The Hall–Kier alpha value is -1.36. The average Bonchev–Trinajstić information content (AvgIpc) is 2.53. The van der Waals surface area contributed by atoms with Crippen molar-refractivity contribution in [3.8, 4) is 0 Å². The van der Waals surface area contributed by atoms with Gasteiger partial charge < -0.3 is 10.2 Å². The lowest BCUT2D eigenvalue weighted by Crippen LogP contribution is -2.52. The lowest BCUT2D eigenvalue weighted by atomic mass is 10.1. The maximum atomic E-state index is 12.5. The topological polar surface area (TPSA) is 50.2 Å². The van der Waals surface area contributed by atoms with Gasteiger partial charge in [-0.15, -0.1) is 0 Å². The molecule has 2 heterocycles. The first-order valence-electron chi connectivity index (χ1n) is 6.04. The first kappa shape index (κ1) is 12.1. The van der Waals surface area contributed by atoms with E-state index in [4.69, 9.17) is 0 Å². The molecule has 1 saturated heterocycles. The summed E-state index contributed by atoms with van der Waals surface area (Å²) < 4.78 is 1.77. The molecule has 1 aliphatic heterocycles. The van der Waals surface area contributed by atoms with Crippen LogP contribution in [0.5, 0.6) is 0 Å². The van der Waals surface area contributed by atoms with E-state index in [1.54, 1.807) is 4.68 Å². The van der Waals surface area contributed by atoms with Gasteiger partial charge in [0.15, 0.2) is 0 Å². The summed E-state index contributed by atoms with van der Waals surface area (Å²) in [4.78, 5) is 14.4. The number of hydrogen-bond donors (Lipinski definition) is 1. The van der Waals surface area contributed by atoms with Crippen LogP contribution in [0.4, 0.5) is 0 Å². The van der Waals surface area contributed by atoms with E-state index in [0.29, 0.717) is 0 Å². The molecule has 0 aliphatic carbocycles. The summed E-state index contributed by atoms with van der Waals surface area (Å²) in [6.45, 7) is 8.42. The predicted molar refractivity (Wildman–Crippen MR) is 66.1 cm³/mol. The fourth-order valence-corrected chi connectivity index (χ4v) is 2.37. The lowest BCUT2D eigenvalue weighted by molar-refractivity contribution is 0.0654. The molecule has 1 atom stereocenters. The van der Waals surface area contributed by atoms with Gasteiger partial charge in [-0.05, 0) is 20.8 Å². The molecule has 1 aliphatic rings. The largest absolute Gasteiger partial charge is 0.333 e. The minimum Gasteiger partial charge on any atom is -0.333 e. The molecule has 1 N–H and O–H groups in total. The fraction of sp³-hybridized carbons (Fsp3) is 0.667. The average molecular weight is 236 g/mol. The standard InChI is InChI=1S/C12H20N4O/c1-8-7-13-5-6-16(8)12(17)11-9(2)14-15(4)10(11)3/h8,13H,5-7H2,1-4H3. The van der Waals surface area contributed by atoms with Gasteiger partial charge in [0.05, 0.1) is 11.3 Å². The van der Waals surface area contributed by atoms with E-state index in [2.05, 4.69) is 17.3 Å². The van der Waals surface area contributed by atoms with E-state index in [1.165, 1.54) is 0 Å². The monoisotopic (exact) mass is 236 g/mol. The van der Waals surface area contributed by atoms with Crippen LogP contribution in [-0.4, -0.2) is 46.3 Å². The van der Waals surface area contributed by atoms with Gasteiger partial charge in [-0.3, -0.25) is 9.48 Å². The number of aryl methyl sites for hydroxylation is 2. The molecule has 1 unspecified atom stereocenters. The molecule has 2 rings (SSSR count). The Labute approximate surface area is 102 Å². The summed E-state index contributed by atoms with van der Waals surface area (Å²) in [6.07, 6.45) is 0. The summed E-state index contributed by atoms with van der Waals surface area (Å²) in [5.41, 5.74) is 2.53. The molecule has 0 bridgehead atoms. The van der Waals surface area contributed by atoms with Gasteiger partial charge in [0.25, 0.3) is 5.91 Å². The van der Waals surface area contributed by atoms with Gasteiger partial charge in [-0.25, -0.2) is 0 Å². The van der Waals surface area contributed by atoms with Crippen LogP contribution in [0.3, 0.4) is 0 Å².